The van der Waals surface area contributed by atoms with Gasteiger partial charge in [-0.1, -0.05) is 12.5 Å². The van der Waals surface area contributed by atoms with Crippen LogP contribution in [0.25, 0.3) is 0 Å². The summed E-state index contributed by atoms with van der Waals surface area (Å²) in [6, 6.07) is 6.73. The molecule has 100 valence electrons. The third-order valence-corrected chi connectivity index (χ3v) is 3.59. The zero-order valence-corrected chi connectivity index (χ0v) is 11.1. The second kappa shape index (κ2) is 6.07. The molecule has 2 rings (SSSR count). The molecule has 0 aromatic heterocycles. The van der Waals surface area contributed by atoms with Gasteiger partial charge in [0.05, 0.1) is 14.2 Å². The highest BCUT2D eigenvalue weighted by Gasteiger charge is 2.22. The van der Waals surface area contributed by atoms with E-state index in [0.717, 1.165) is 24.5 Å². The first-order valence-corrected chi connectivity index (χ1v) is 6.44. The highest BCUT2D eigenvalue weighted by Crippen LogP contribution is 2.27. The number of methoxy groups -OCH3 is 2. The third kappa shape index (κ3) is 2.94. The van der Waals surface area contributed by atoms with Crippen molar-refractivity contribution in [3.05, 3.63) is 23.8 Å². The standard InChI is InChI=1S/C14H22N2O2/c1-17-13-7-6-10(8-14(13)18-2)9-16-12-5-3-4-11(12)15/h6-8,11-12,16H,3-5,9,15H2,1-2H3. The Balaban J connectivity index is 1.97. The van der Waals surface area contributed by atoms with Gasteiger partial charge in [-0.05, 0) is 30.5 Å². The molecule has 18 heavy (non-hydrogen) atoms. The van der Waals surface area contributed by atoms with Gasteiger partial charge in [0.15, 0.2) is 11.5 Å². The molecule has 0 spiro atoms. The summed E-state index contributed by atoms with van der Waals surface area (Å²) >= 11 is 0. The number of benzene rings is 1. The molecule has 1 aliphatic carbocycles. The van der Waals surface area contributed by atoms with Gasteiger partial charge in [-0.15, -0.1) is 0 Å². The lowest BCUT2D eigenvalue weighted by atomic mass is 10.1. The average molecular weight is 250 g/mol. The Labute approximate surface area is 108 Å². The molecule has 1 aromatic rings. The number of nitrogens with two attached hydrogens (primary N) is 1. The van der Waals surface area contributed by atoms with E-state index in [2.05, 4.69) is 11.4 Å². The van der Waals surface area contributed by atoms with Crippen molar-refractivity contribution in [2.75, 3.05) is 14.2 Å². The van der Waals surface area contributed by atoms with E-state index in [4.69, 9.17) is 15.2 Å². The minimum Gasteiger partial charge on any atom is -0.493 e. The molecule has 0 heterocycles. The van der Waals surface area contributed by atoms with Crippen molar-refractivity contribution < 1.29 is 9.47 Å². The second-order valence-corrected chi connectivity index (χ2v) is 4.77. The van der Waals surface area contributed by atoms with E-state index in [9.17, 15) is 0 Å². The largest absolute Gasteiger partial charge is 0.493 e. The Morgan fingerprint density at radius 1 is 1.22 bits per heavy atom. The molecule has 0 amide bonds. The van der Waals surface area contributed by atoms with Gasteiger partial charge < -0.3 is 20.5 Å². The van der Waals surface area contributed by atoms with Gasteiger partial charge in [0.25, 0.3) is 0 Å². The lowest BCUT2D eigenvalue weighted by Gasteiger charge is -2.17. The van der Waals surface area contributed by atoms with Crippen molar-refractivity contribution in [1.82, 2.24) is 5.32 Å². The predicted molar refractivity (Wildman–Crippen MR) is 72.0 cm³/mol. The van der Waals surface area contributed by atoms with Crippen molar-refractivity contribution >= 4 is 0 Å². The normalized spacial score (nSPS) is 23.1. The van der Waals surface area contributed by atoms with Gasteiger partial charge in [-0.25, -0.2) is 0 Å². The average Bonchev–Trinajstić information content (AvgIpc) is 2.81. The monoisotopic (exact) mass is 250 g/mol. The van der Waals surface area contributed by atoms with Crippen molar-refractivity contribution in [3.8, 4) is 11.5 Å². The Hall–Kier alpha value is -1.26. The summed E-state index contributed by atoms with van der Waals surface area (Å²) in [7, 11) is 3.30. The second-order valence-electron chi connectivity index (χ2n) is 4.77. The van der Waals surface area contributed by atoms with Crippen LogP contribution < -0.4 is 20.5 Å². The molecule has 4 nitrogen and oxygen atoms in total. The van der Waals surface area contributed by atoms with E-state index in [1.165, 1.54) is 18.4 Å². The van der Waals surface area contributed by atoms with Crippen LogP contribution in [0, 0.1) is 0 Å². The Morgan fingerprint density at radius 2 is 2.00 bits per heavy atom. The molecule has 0 aliphatic heterocycles. The topological polar surface area (TPSA) is 56.5 Å². The zero-order chi connectivity index (χ0) is 13.0. The van der Waals surface area contributed by atoms with E-state index in [0.29, 0.717) is 12.1 Å². The summed E-state index contributed by atoms with van der Waals surface area (Å²) in [6.07, 6.45) is 3.53. The van der Waals surface area contributed by atoms with Gasteiger partial charge in [-0.2, -0.15) is 0 Å². The quantitative estimate of drug-likeness (QED) is 0.834. The van der Waals surface area contributed by atoms with Crippen molar-refractivity contribution in [2.24, 2.45) is 5.73 Å². The van der Waals surface area contributed by atoms with Crippen LogP contribution in [0.1, 0.15) is 24.8 Å². The van der Waals surface area contributed by atoms with Crippen LogP contribution in [-0.4, -0.2) is 26.3 Å². The minimum atomic E-state index is 0.296. The Kier molecular flexibility index (Phi) is 4.44. The molecule has 2 unspecified atom stereocenters. The SMILES string of the molecule is COc1ccc(CNC2CCCC2N)cc1OC. The summed E-state index contributed by atoms with van der Waals surface area (Å²) in [5.41, 5.74) is 7.22. The van der Waals surface area contributed by atoms with Crippen molar-refractivity contribution in [1.29, 1.82) is 0 Å². The highest BCUT2D eigenvalue weighted by molar-refractivity contribution is 5.42. The number of hydrogen-bond donors (Lipinski definition) is 2. The number of hydrogen-bond acceptors (Lipinski definition) is 4. The molecule has 0 radical (unpaired) electrons. The summed E-state index contributed by atoms with van der Waals surface area (Å²) in [4.78, 5) is 0. The smallest absolute Gasteiger partial charge is 0.161 e. The zero-order valence-electron chi connectivity index (χ0n) is 11.1. The molecule has 0 bridgehead atoms. The molecular weight excluding hydrogens is 228 g/mol. The molecule has 0 saturated heterocycles. The summed E-state index contributed by atoms with van der Waals surface area (Å²) in [5.74, 6) is 1.53. The van der Waals surface area contributed by atoms with Gasteiger partial charge in [0.1, 0.15) is 0 Å². The fourth-order valence-corrected chi connectivity index (χ4v) is 2.48. The van der Waals surface area contributed by atoms with Crippen LogP contribution in [0.5, 0.6) is 11.5 Å². The summed E-state index contributed by atoms with van der Waals surface area (Å²) < 4.78 is 10.5. The van der Waals surface area contributed by atoms with Crippen LogP contribution in [0.3, 0.4) is 0 Å². The fourth-order valence-electron chi connectivity index (χ4n) is 2.48. The Morgan fingerprint density at radius 3 is 2.61 bits per heavy atom. The molecule has 3 N–H and O–H groups in total. The highest BCUT2D eigenvalue weighted by atomic mass is 16.5. The predicted octanol–water partition coefficient (Wildman–Crippen LogP) is 1.67. The van der Waals surface area contributed by atoms with E-state index < -0.39 is 0 Å². The van der Waals surface area contributed by atoms with Crippen LogP contribution in [0.2, 0.25) is 0 Å². The maximum Gasteiger partial charge on any atom is 0.161 e. The Bertz CT molecular complexity index is 395. The maximum atomic E-state index is 6.04. The first-order chi connectivity index (χ1) is 8.74. The lowest BCUT2D eigenvalue weighted by molar-refractivity contribution is 0.354. The van der Waals surface area contributed by atoms with Gasteiger partial charge in [0, 0.05) is 18.6 Å². The minimum absolute atomic E-state index is 0.296. The molecule has 1 aliphatic rings. The molecule has 1 saturated carbocycles. The molecule has 1 fully saturated rings. The fraction of sp³-hybridized carbons (Fsp3) is 0.571. The lowest BCUT2D eigenvalue weighted by Crippen LogP contribution is -2.40. The number of ether oxygens (including phenoxy) is 2. The first-order valence-electron chi connectivity index (χ1n) is 6.44. The van der Waals surface area contributed by atoms with E-state index in [1.54, 1.807) is 14.2 Å². The van der Waals surface area contributed by atoms with Gasteiger partial charge in [0.2, 0.25) is 0 Å². The summed E-state index contributed by atoms with van der Waals surface area (Å²) in [5, 5.41) is 3.52. The molecular formula is C14H22N2O2. The third-order valence-electron chi connectivity index (χ3n) is 3.59. The van der Waals surface area contributed by atoms with Crippen LogP contribution in [0.15, 0.2) is 18.2 Å². The van der Waals surface area contributed by atoms with E-state index in [-0.39, 0.29) is 0 Å². The molecule has 1 aromatic carbocycles. The number of rotatable bonds is 5. The van der Waals surface area contributed by atoms with E-state index in [1.807, 2.05) is 12.1 Å². The first kappa shape index (κ1) is 13.2. The van der Waals surface area contributed by atoms with E-state index >= 15 is 0 Å². The van der Waals surface area contributed by atoms with Crippen LogP contribution in [0.4, 0.5) is 0 Å². The molecule has 4 heteroatoms. The number of nitrogens with one attached hydrogen (secondary N) is 1. The van der Waals surface area contributed by atoms with Gasteiger partial charge >= 0.3 is 0 Å². The van der Waals surface area contributed by atoms with Gasteiger partial charge in [-0.3, -0.25) is 0 Å². The van der Waals surface area contributed by atoms with Crippen LogP contribution >= 0.6 is 0 Å². The van der Waals surface area contributed by atoms with Crippen LogP contribution in [-0.2, 0) is 6.54 Å². The van der Waals surface area contributed by atoms with Crippen molar-refractivity contribution in [3.63, 3.8) is 0 Å². The van der Waals surface area contributed by atoms with Crippen molar-refractivity contribution in [2.45, 2.75) is 37.9 Å². The molecule has 2 atom stereocenters. The maximum absolute atomic E-state index is 6.04. The summed E-state index contributed by atoms with van der Waals surface area (Å²) in [6.45, 7) is 0.818.